The van der Waals surface area contributed by atoms with Gasteiger partial charge in [0.2, 0.25) is 0 Å². The van der Waals surface area contributed by atoms with E-state index >= 15 is 0 Å². The second-order valence-corrected chi connectivity index (χ2v) is 10.5. The average Bonchev–Trinajstić information content (AvgIpc) is 3.26. The number of rotatable bonds is 11. The molecule has 1 heterocycles. The van der Waals surface area contributed by atoms with Crippen LogP contribution in [0.25, 0.3) is 11.0 Å². The quantitative estimate of drug-likeness (QED) is 0.360. The zero-order valence-electron chi connectivity index (χ0n) is 24.3. The monoisotopic (exact) mass is 493 g/mol. The molecule has 3 aromatic rings. The molecule has 4 rings (SSSR count). The number of aryl methyl sites for hydroxylation is 3. The maximum atomic E-state index is 12.8. The van der Waals surface area contributed by atoms with Crippen molar-refractivity contribution < 1.29 is 17.0 Å². The molecule has 0 bridgehead atoms. The third-order valence-electron chi connectivity index (χ3n) is 7.24. The van der Waals surface area contributed by atoms with Gasteiger partial charge < -0.3 is 19.4 Å². The number of ether oxygens (including phenoxy) is 2. The minimum absolute atomic E-state index is 0.119. The van der Waals surface area contributed by atoms with E-state index in [1.807, 2.05) is 49.4 Å². The van der Waals surface area contributed by atoms with Gasteiger partial charge in [-0.3, -0.25) is 0 Å². The van der Waals surface area contributed by atoms with Gasteiger partial charge in [0.1, 0.15) is 18.0 Å². The lowest BCUT2D eigenvalue weighted by Crippen LogP contribution is -2.49. The summed E-state index contributed by atoms with van der Waals surface area (Å²) in [6.07, 6.45) is 0.834. The third kappa shape index (κ3) is 5.98. The first-order valence-electron chi connectivity index (χ1n) is 14.0. The fraction of sp³-hybridized carbons (Fsp3) is 0.533. The maximum absolute atomic E-state index is 12.8. The van der Waals surface area contributed by atoms with Crippen molar-refractivity contribution in [2.75, 3.05) is 33.9 Å². The Morgan fingerprint density at radius 1 is 1.28 bits per heavy atom. The normalized spacial score (nSPS) is 21.9. The number of aromatic nitrogens is 2. The number of hydrogen-bond donors (Lipinski definition) is 1. The van der Waals surface area contributed by atoms with E-state index in [1.54, 1.807) is 0 Å². The number of aromatic amines is 1. The van der Waals surface area contributed by atoms with Gasteiger partial charge in [-0.15, -0.1) is 0 Å². The standard InChI is InChI=1S/C30H41N3O3/c1-21(2)29-24-13-12-22(3)19-23(24)14-15-30(29,36-28(34)20-35-5)16-18-33(4)17-8-11-27-31-25-9-6-7-10-26(25)32-27/h6-7,9-10,12-13,19,21,29H,8,11,14-18,20H2,1-5H3,(H,31,32)/t29-,30-/m0/s1/i14D2. The number of methoxy groups -OCH3 is 1. The molecule has 6 heteroatoms. The van der Waals surface area contributed by atoms with Crippen LogP contribution in [0.1, 0.15) is 64.3 Å². The summed E-state index contributed by atoms with van der Waals surface area (Å²) in [6, 6.07) is 14.1. The Hall–Kier alpha value is -2.70. The molecule has 0 saturated carbocycles. The molecule has 0 unspecified atom stereocenters. The molecular weight excluding hydrogens is 450 g/mol. The van der Waals surface area contributed by atoms with Crippen LogP contribution < -0.4 is 0 Å². The molecule has 1 N–H and O–H groups in total. The lowest BCUT2D eigenvalue weighted by molar-refractivity contribution is -0.172. The second kappa shape index (κ2) is 11.6. The van der Waals surface area contributed by atoms with E-state index in [4.69, 9.17) is 12.2 Å². The second-order valence-electron chi connectivity index (χ2n) is 10.5. The fourth-order valence-corrected chi connectivity index (χ4v) is 5.60. The molecule has 2 atom stereocenters. The molecule has 194 valence electrons. The first kappa shape index (κ1) is 23.7. The van der Waals surface area contributed by atoms with Gasteiger partial charge in [0.05, 0.1) is 11.0 Å². The topological polar surface area (TPSA) is 67.5 Å². The van der Waals surface area contributed by atoms with Crippen LogP contribution in [0, 0.1) is 12.8 Å². The Kier molecular flexibility index (Phi) is 7.61. The van der Waals surface area contributed by atoms with Crippen molar-refractivity contribution in [3.05, 3.63) is 65.0 Å². The lowest BCUT2D eigenvalue weighted by Gasteiger charge is -2.47. The minimum atomic E-state index is -1.61. The van der Waals surface area contributed by atoms with E-state index in [0.717, 1.165) is 47.4 Å². The molecule has 0 amide bonds. The first-order valence-corrected chi connectivity index (χ1v) is 13.0. The van der Waals surface area contributed by atoms with Crippen molar-refractivity contribution in [1.29, 1.82) is 0 Å². The van der Waals surface area contributed by atoms with E-state index in [1.165, 1.54) is 7.11 Å². The smallest absolute Gasteiger partial charge is 0.332 e. The third-order valence-corrected chi connectivity index (χ3v) is 7.24. The van der Waals surface area contributed by atoms with Crippen LogP contribution >= 0.6 is 0 Å². The van der Waals surface area contributed by atoms with Crippen LogP contribution in [0.2, 0.25) is 0 Å². The Labute approximate surface area is 218 Å². The van der Waals surface area contributed by atoms with Crippen LogP contribution in [0.15, 0.2) is 42.5 Å². The molecule has 0 saturated heterocycles. The van der Waals surface area contributed by atoms with Crippen LogP contribution in [0.3, 0.4) is 0 Å². The predicted octanol–water partition coefficient (Wildman–Crippen LogP) is 5.44. The summed E-state index contributed by atoms with van der Waals surface area (Å²) < 4.78 is 29.3. The number of nitrogens with zero attached hydrogens (tertiary/aromatic N) is 2. The lowest BCUT2D eigenvalue weighted by atomic mass is 9.65. The van der Waals surface area contributed by atoms with Crippen molar-refractivity contribution in [2.45, 2.75) is 64.3 Å². The number of fused-ring (bicyclic) bond motifs is 2. The van der Waals surface area contributed by atoms with Gasteiger partial charge >= 0.3 is 5.97 Å². The number of H-pyrrole nitrogens is 1. The van der Waals surface area contributed by atoms with Crippen LogP contribution in [-0.2, 0) is 27.1 Å². The zero-order chi connectivity index (χ0) is 27.5. The van der Waals surface area contributed by atoms with E-state index in [0.29, 0.717) is 18.5 Å². The van der Waals surface area contributed by atoms with Gasteiger partial charge in [0, 0.05) is 35.2 Å². The Morgan fingerprint density at radius 3 is 2.83 bits per heavy atom. The van der Waals surface area contributed by atoms with Crippen LogP contribution in [-0.4, -0.2) is 60.3 Å². The van der Waals surface area contributed by atoms with Crippen molar-refractivity contribution >= 4 is 17.0 Å². The maximum Gasteiger partial charge on any atom is 0.332 e. The SMILES string of the molecule is [2H]C1([2H])C[C@@](CCN(C)CCCc2nc3ccccc3[nH]2)(OC(=O)COC)[C@@H](C(C)C)c2ccc(C)cc21. The summed E-state index contributed by atoms with van der Waals surface area (Å²) in [7, 11) is 3.55. The molecule has 1 aliphatic rings. The number of esters is 1. The minimum Gasteiger partial charge on any atom is -0.457 e. The molecule has 36 heavy (non-hydrogen) atoms. The van der Waals surface area contributed by atoms with Crippen LogP contribution in [0.4, 0.5) is 0 Å². The molecule has 6 nitrogen and oxygen atoms in total. The van der Waals surface area contributed by atoms with Crippen molar-refractivity contribution in [3.63, 3.8) is 0 Å². The summed E-state index contributed by atoms with van der Waals surface area (Å²) in [6.45, 7) is 7.64. The molecule has 0 spiro atoms. The van der Waals surface area contributed by atoms with Crippen molar-refractivity contribution in [1.82, 2.24) is 14.9 Å². The number of carbonyl (C=O) groups is 1. The summed E-state index contributed by atoms with van der Waals surface area (Å²) in [5.41, 5.74) is 3.76. The summed E-state index contributed by atoms with van der Waals surface area (Å²) in [5, 5.41) is 0. The molecule has 0 radical (unpaired) electrons. The van der Waals surface area contributed by atoms with Crippen LogP contribution in [0.5, 0.6) is 0 Å². The van der Waals surface area contributed by atoms with Crippen molar-refractivity contribution in [3.8, 4) is 0 Å². The van der Waals surface area contributed by atoms with Gasteiger partial charge in [-0.2, -0.15) is 0 Å². The summed E-state index contributed by atoms with van der Waals surface area (Å²) in [4.78, 5) is 23.1. The van der Waals surface area contributed by atoms with E-state index in [9.17, 15) is 4.79 Å². The molecule has 0 fully saturated rings. The molecule has 0 aliphatic heterocycles. The Morgan fingerprint density at radius 2 is 2.08 bits per heavy atom. The average molecular weight is 494 g/mol. The number of carbonyl (C=O) groups excluding carboxylic acids is 1. The van der Waals surface area contributed by atoms with Gasteiger partial charge in [0.25, 0.3) is 0 Å². The van der Waals surface area contributed by atoms with Gasteiger partial charge in [-0.25, -0.2) is 9.78 Å². The number of para-hydroxylation sites is 2. The molecule has 1 aliphatic carbocycles. The highest BCUT2D eigenvalue weighted by Gasteiger charge is 2.47. The number of benzene rings is 2. The summed E-state index contributed by atoms with van der Waals surface area (Å²) >= 11 is 0. The van der Waals surface area contributed by atoms with Gasteiger partial charge in [0.15, 0.2) is 0 Å². The Bertz CT molecular complexity index is 1230. The van der Waals surface area contributed by atoms with Gasteiger partial charge in [-0.05, 0) is 68.9 Å². The predicted molar refractivity (Wildman–Crippen MR) is 144 cm³/mol. The molecule has 1 aromatic heterocycles. The van der Waals surface area contributed by atoms with E-state index < -0.39 is 17.9 Å². The number of hydrogen-bond acceptors (Lipinski definition) is 5. The summed E-state index contributed by atoms with van der Waals surface area (Å²) in [5.74, 6) is 0.571. The highest BCUT2D eigenvalue weighted by Crippen LogP contribution is 2.48. The van der Waals surface area contributed by atoms with E-state index in [2.05, 4.69) is 35.8 Å². The highest BCUT2D eigenvalue weighted by atomic mass is 16.6. The Balaban J connectivity index is 1.51. The number of imidazole rings is 1. The highest BCUT2D eigenvalue weighted by molar-refractivity contribution is 5.74. The fourth-order valence-electron chi connectivity index (χ4n) is 5.60. The first-order chi connectivity index (χ1) is 18.0. The number of nitrogens with one attached hydrogen (secondary N) is 1. The molecule has 2 aromatic carbocycles. The largest absolute Gasteiger partial charge is 0.457 e. The zero-order valence-corrected chi connectivity index (χ0v) is 22.3. The van der Waals surface area contributed by atoms with E-state index in [-0.39, 0.29) is 24.9 Å². The van der Waals surface area contributed by atoms with Gasteiger partial charge in [-0.1, -0.05) is 49.7 Å². The molecular formula is C30H41N3O3. The van der Waals surface area contributed by atoms with Crippen molar-refractivity contribution in [2.24, 2.45) is 5.92 Å².